The Morgan fingerprint density at radius 2 is 2.00 bits per heavy atom. The summed E-state index contributed by atoms with van der Waals surface area (Å²) in [5.41, 5.74) is 0. The van der Waals surface area contributed by atoms with E-state index in [2.05, 4.69) is 20.3 Å². The number of halogens is 1. The van der Waals surface area contributed by atoms with E-state index in [0.29, 0.717) is 12.2 Å². The van der Waals surface area contributed by atoms with Gasteiger partial charge in [-0.3, -0.25) is 0 Å². The van der Waals surface area contributed by atoms with Gasteiger partial charge in [0.2, 0.25) is 0 Å². The van der Waals surface area contributed by atoms with Crippen LogP contribution in [0.5, 0.6) is 0 Å². The standard InChI is InChI=1S/C9H17O.ClH.Hg/c1-8(2)10-9-6-4-3-5-7-9;;/h6,8-9H,3-5,7H2,1-2H3;1H;/q;;+1/p-1/t9-;;/m1../s1. The van der Waals surface area contributed by atoms with Crippen LogP contribution in [-0.4, -0.2) is 12.2 Å². The Kier molecular flexibility index (Phi) is 11.4. The molecule has 0 aliphatic heterocycles. The summed E-state index contributed by atoms with van der Waals surface area (Å²) in [6.45, 7) is 4.20. The monoisotopic (exact) mass is 378 g/mol. The number of rotatable bonds is 2. The fourth-order valence-electron chi connectivity index (χ4n) is 1.38. The Morgan fingerprint density at radius 3 is 2.42 bits per heavy atom. The van der Waals surface area contributed by atoms with Gasteiger partial charge in [-0.1, -0.05) is 12.8 Å². The number of ether oxygens (including phenoxy) is 1. The molecule has 0 heterocycles. The minimum Gasteiger partial charge on any atom is -1.00 e. The van der Waals surface area contributed by atoms with E-state index in [0.717, 1.165) is 0 Å². The molecule has 0 aromatic heterocycles. The molecule has 1 rings (SSSR count). The largest absolute Gasteiger partial charge is 1.00 e. The van der Waals surface area contributed by atoms with E-state index in [1.165, 1.54) is 25.7 Å². The van der Waals surface area contributed by atoms with Crippen molar-refractivity contribution < 1.29 is 44.8 Å². The molecule has 0 unspecified atom stereocenters. The van der Waals surface area contributed by atoms with Gasteiger partial charge in [0.1, 0.15) is 0 Å². The molecule has 0 spiro atoms. The molecule has 1 saturated carbocycles. The molecular weight excluding hydrogens is 360 g/mol. The Bertz CT molecular complexity index is 92.5. The van der Waals surface area contributed by atoms with Crippen LogP contribution >= 0.6 is 0 Å². The molecule has 1 aliphatic carbocycles. The maximum Gasteiger partial charge on any atom is 1.00 e. The minimum absolute atomic E-state index is 0. The van der Waals surface area contributed by atoms with Gasteiger partial charge in [0.25, 0.3) is 0 Å². The summed E-state index contributed by atoms with van der Waals surface area (Å²) in [5.74, 6) is 0. The molecule has 1 aliphatic rings. The molecule has 2 radical (unpaired) electrons. The molecule has 0 aromatic carbocycles. The van der Waals surface area contributed by atoms with Gasteiger partial charge in [-0.05, 0) is 33.1 Å². The third-order valence-electron chi connectivity index (χ3n) is 1.82. The van der Waals surface area contributed by atoms with E-state index >= 15 is 0 Å². The maximum atomic E-state index is 5.64. The molecule has 0 amide bonds. The van der Waals surface area contributed by atoms with Gasteiger partial charge in [-0.25, -0.2) is 0 Å². The summed E-state index contributed by atoms with van der Waals surface area (Å²) < 4.78 is 5.64. The number of hydrogen-bond donors (Lipinski definition) is 0. The van der Waals surface area contributed by atoms with E-state index in [4.69, 9.17) is 4.74 Å². The fourth-order valence-corrected chi connectivity index (χ4v) is 1.38. The number of hydrogen-bond acceptors (Lipinski definition) is 1. The second kappa shape index (κ2) is 8.77. The topological polar surface area (TPSA) is 9.23 Å². The molecule has 3 heteroatoms. The smallest absolute Gasteiger partial charge is 1.00 e. The average molecular weight is 377 g/mol. The summed E-state index contributed by atoms with van der Waals surface area (Å²) >= 11 is 0. The molecule has 0 aromatic rings. The summed E-state index contributed by atoms with van der Waals surface area (Å²) in [6.07, 6.45) is 8.33. The van der Waals surface area contributed by atoms with Crippen LogP contribution in [0.3, 0.4) is 0 Å². The van der Waals surface area contributed by atoms with E-state index in [1.54, 1.807) is 0 Å². The third-order valence-corrected chi connectivity index (χ3v) is 1.82. The van der Waals surface area contributed by atoms with Crippen LogP contribution in [0.15, 0.2) is 0 Å². The van der Waals surface area contributed by atoms with E-state index in [9.17, 15) is 0 Å². The van der Waals surface area contributed by atoms with Gasteiger partial charge in [0.15, 0.2) is 0 Å². The van der Waals surface area contributed by atoms with Crippen molar-refractivity contribution in [2.24, 2.45) is 0 Å². The van der Waals surface area contributed by atoms with E-state index in [1.807, 2.05) is 0 Å². The van der Waals surface area contributed by atoms with Gasteiger partial charge >= 0.3 is 27.7 Å². The van der Waals surface area contributed by atoms with Crippen molar-refractivity contribution >= 4 is 0 Å². The van der Waals surface area contributed by atoms with Crippen molar-refractivity contribution in [2.75, 3.05) is 0 Å². The molecule has 0 saturated heterocycles. The van der Waals surface area contributed by atoms with E-state index < -0.39 is 0 Å². The van der Waals surface area contributed by atoms with Gasteiger partial charge in [-0.15, -0.1) is 0 Å². The van der Waals surface area contributed by atoms with Gasteiger partial charge in [-0.2, -0.15) is 0 Å². The second-order valence-corrected chi connectivity index (χ2v) is 3.24. The maximum absolute atomic E-state index is 5.64. The first-order valence-corrected chi connectivity index (χ1v) is 4.28. The van der Waals surface area contributed by atoms with Crippen LogP contribution < -0.4 is 12.4 Å². The third kappa shape index (κ3) is 6.67. The van der Waals surface area contributed by atoms with Crippen molar-refractivity contribution in [3.05, 3.63) is 6.42 Å². The van der Waals surface area contributed by atoms with Crippen LogP contribution in [0.25, 0.3) is 0 Å². The van der Waals surface area contributed by atoms with Crippen LogP contribution in [0.2, 0.25) is 0 Å². The Labute approximate surface area is 103 Å². The first-order valence-electron chi connectivity index (χ1n) is 4.28. The molecule has 1 nitrogen and oxygen atoms in total. The van der Waals surface area contributed by atoms with Crippen molar-refractivity contribution in [2.45, 2.75) is 51.7 Å². The predicted octanol–water partition coefficient (Wildman–Crippen LogP) is -0.440. The van der Waals surface area contributed by atoms with Crippen molar-refractivity contribution in [3.63, 3.8) is 0 Å². The fraction of sp³-hybridized carbons (Fsp3) is 0.889. The zero-order chi connectivity index (χ0) is 7.40. The molecule has 0 bridgehead atoms. The van der Waals surface area contributed by atoms with Crippen LogP contribution in [-0.2, 0) is 32.4 Å². The van der Waals surface area contributed by atoms with Crippen molar-refractivity contribution in [3.8, 4) is 0 Å². The molecule has 0 N–H and O–H groups in total. The van der Waals surface area contributed by atoms with Crippen LogP contribution in [0.1, 0.15) is 39.5 Å². The molecule has 1 fully saturated rings. The SMILES string of the molecule is CC(C)O[C@@H]1[CH]CCCC1.[Cl-].[Hg+]. The predicted molar refractivity (Wildman–Crippen MR) is 42.8 cm³/mol. The first-order chi connectivity index (χ1) is 4.79. The summed E-state index contributed by atoms with van der Waals surface area (Å²) in [6, 6.07) is 0. The van der Waals surface area contributed by atoms with Crippen LogP contribution in [0.4, 0.5) is 0 Å². The average Bonchev–Trinajstić information content (AvgIpc) is 1.88. The van der Waals surface area contributed by atoms with Gasteiger partial charge < -0.3 is 17.1 Å². The van der Waals surface area contributed by atoms with Crippen molar-refractivity contribution in [1.82, 2.24) is 0 Å². The quantitative estimate of drug-likeness (QED) is 0.593. The summed E-state index contributed by atoms with van der Waals surface area (Å²) in [4.78, 5) is 0. The normalized spacial score (nSPS) is 18.2. The Morgan fingerprint density at radius 1 is 1.33 bits per heavy atom. The summed E-state index contributed by atoms with van der Waals surface area (Å²) in [5, 5.41) is 0. The zero-order valence-corrected chi connectivity index (χ0v) is 14.3. The minimum atomic E-state index is 0. The molecule has 1 atom stereocenters. The van der Waals surface area contributed by atoms with Crippen LogP contribution in [0, 0.1) is 6.42 Å². The molecular formula is C9H17ClHgO. The second-order valence-electron chi connectivity index (χ2n) is 3.24. The Hall–Kier alpha value is 1.19. The Balaban J connectivity index is 0. The first kappa shape index (κ1) is 15.6. The van der Waals surface area contributed by atoms with Gasteiger partial charge in [0, 0.05) is 0 Å². The molecule has 68 valence electrons. The van der Waals surface area contributed by atoms with Crippen molar-refractivity contribution in [1.29, 1.82) is 0 Å². The zero-order valence-electron chi connectivity index (χ0n) is 8.05. The van der Waals surface area contributed by atoms with E-state index in [-0.39, 0.29) is 40.1 Å². The van der Waals surface area contributed by atoms with Gasteiger partial charge in [0.05, 0.1) is 12.2 Å². The molecule has 12 heavy (non-hydrogen) atoms. The summed E-state index contributed by atoms with van der Waals surface area (Å²) in [7, 11) is 0.